The normalized spacial score (nSPS) is 19.8. The molecule has 1 aliphatic carbocycles. The molecule has 0 saturated heterocycles. The quantitative estimate of drug-likeness (QED) is 0.891. The van der Waals surface area contributed by atoms with Crippen LogP contribution in [0, 0.1) is 11.7 Å². The second-order valence-electron chi connectivity index (χ2n) is 5.58. The largest absolute Gasteiger partial charge is 0.390 e. The summed E-state index contributed by atoms with van der Waals surface area (Å²) in [5.74, 6) is -0.0564. The minimum atomic E-state index is -0.651. The number of rotatable bonds is 5. The highest BCUT2D eigenvalue weighted by Crippen LogP contribution is 2.31. The molecule has 1 aliphatic rings. The van der Waals surface area contributed by atoms with Crippen molar-refractivity contribution in [3.8, 4) is 0 Å². The molecule has 112 valence electrons. The van der Waals surface area contributed by atoms with Gasteiger partial charge < -0.3 is 9.84 Å². The summed E-state index contributed by atoms with van der Waals surface area (Å²) in [5, 5.41) is 10.5. The molecule has 2 rings (SSSR count). The Morgan fingerprint density at radius 3 is 2.70 bits per heavy atom. The molecule has 1 N–H and O–H groups in total. The maximum absolute atomic E-state index is 13.4. The first kappa shape index (κ1) is 15.7. The van der Waals surface area contributed by atoms with Crippen molar-refractivity contribution in [2.75, 3.05) is 7.11 Å². The summed E-state index contributed by atoms with van der Waals surface area (Å²) in [6.45, 7) is 0. The van der Waals surface area contributed by atoms with Crippen molar-refractivity contribution in [3.05, 3.63) is 34.6 Å². The van der Waals surface area contributed by atoms with Crippen LogP contribution in [0.25, 0.3) is 0 Å². The molecular formula is C16H22ClFO2. The summed E-state index contributed by atoms with van der Waals surface area (Å²) < 4.78 is 18.9. The van der Waals surface area contributed by atoms with E-state index in [2.05, 4.69) is 0 Å². The number of methoxy groups -OCH3 is 1. The van der Waals surface area contributed by atoms with Gasteiger partial charge in [-0.3, -0.25) is 0 Å². The van der Waals surface area contributed by atoms with Gasteiger partial charge in [-0.2, -0.15) is 0 Å². The Morgan fingerprint density at radius 2 is 2.05 bits per heavy atom. The van der Waals surface area contributed by atoms with E-state index in [9.17, 15) is 9.50 Å². The first-order valence-corrected chi connectivity index (χ1v) is 7.65. The van der Waals surface area contributed by atoms with Gasteiger partial charge in [-0.1, -0.05) is 43.0 Å². The lowest BCUT2D eigenvalue weighted by molar-refractivity contribution is -0.0535. The van der Waals surface area contributed by atoms with Gasteiger partial charge in [0.05, 0.1) is 17.2 Å². The molecule has 2 atom stereocenters. The smallest absolute Gasteiger partial charge is 0.142 e. The maximum Gasteiger partial charge on any atom is 0.142 e. The molecule has 0 amide bonds. The van der Waals surface area contributed by atoms with Crippen molar-refractivity contribution >= 4 is 11.6 Å². The topological polar surface area (TPSA) is 29.5 Å². The van der Waals surface area contributed by atoms with Crippen LogP contribution in [0.4, 0.5) is 4.39 Å². The lowest BCUT2D eigenvalue weighted by Crippen LogP contribution is -2.37. The Kier molecular flexibility index (Phi) is 5.82. The minimum Gasteiger partial charge on any atom is -0.390 e. The van der Waals surface area contributed by atoms with Crippen LogP contribution in [-0.2, 0) is 11.2 Å². The predicted octanol–water partition coefficient (Wildman–Crippen LogP) is 3.98. The van der Waals surface area contributed by atoms with E-state index >= 15 is 0 Å². The molecule has 0 spiro atoms. The number of ether oxygens (including phenoxy) is 1. The predicted molar refractivity (Wildman–Crippen MR) is 78.5 cm³/mol. The number of halogens is 2. The summed E-state index contributed by atoms with van der Waals surface area (Å²) in [4.78, 5) is 0. The van der Waals surface area contributed by atoms with Gasteiger partial charge >= 0.3 is 0 Å². The Balaban J connectivity index is 2.04. The van der Waals surface area contributed by atoms with Crippen LogP contribution < -0.4 is 0 Å². The summed E-state index contributed by atoms with van der Waals surface area (Å²) in [6.07, 6.45) is 5.30. The minimum absolute atomic E-state index is 0.102. The third-order valence-electron chi connectivity index (χ3n) is 4.23. The van der Waals surface area contributed by atoms with Crippen LogP contribution in [0.2, 0.25) is 5.02 Å². The number of hydrogen-bond acceptors (Lipinski definition) is 2. The number of hydrogen-bond donors (Lipinski definition) is 1. The molecule has 0 radical (unpaired) electrons. The fraction of sp³-hybridized carbons (Fsp3) is 0.625. The average molecular weight is 301 g/mol. The van der Waals surface area contributed by atoms with Gasteiger partial charge in [-0.25, -0.2) is 4.39 Å². The van der Waals surface area contributed by atoms with Gasteiger partial charge in [0.2, 0.25) is 0 Å². The zero-order chi connectivity index (χ0) is 14.5. The van der Waals surface area contributed by atoms with Crippen LogP contribution in [0.15, 0.2) is 18.2 Å². The van der Waals surface area contributed by atoms with Gasteiger partial charge in [-0.05, 0) is 30.4 Å². The Bertz CT molecular complexity index is 432. The van der Waals surface area contributed by atoms with Crippen molar-refractivity contribution in [1.29, 1.82) is 0 Å². The summed E-state index contributed by atoms with van der Waals surface area (Å²) >= 11 is 5.94. The second kappa shape index (κ2) is 7.39. The highest BCUT2D eigenvalue weighted by atomic mass is 35.5. The fourth-order valence-corrected chi connectivity index (χ4v) is 3.38. The van der Waals surface area contributed by atoms with Gasteiger partial charge in [0.25, 0.3) is 0 Å². The van der Waals surface area contributed by atoms with Gasteiger partial charge in [0.1, 0.15) is 5.82 Å². The van der Waals surface area contributed by atoms with Crippen LogP contribution in [0.1, 0.15) is 37.7 Å². The molecule has 1 aromatic carbocycles. The van der Waals surface area contributed by atoms with E-state index in [1.807, 2.05) is 0 Å². The van der Waals surface area contributed by atoms with Crippen LogP contribution in [0.3, 0.4) is 0 Å². The van der Waals surface area contributed by atoms with Gasteiger partial charge in [-0.15, -0.1) is 0 Å². The van der Waals surface area contributed by atoms with E-state index in [1.165, 1.54) is 25.3 Å². The molecule has 0 aromatic heterocycles. The van der Waals surface area contributed by atoms with Crippen molar-refractivity contribution in [2.45, 2.75) is 50.7 Å². The molecule has 0 aliphatic heterocycles. The Morgan fingerprint density at radius 1 is 1.35 bits per heavy atom. The Labute approximate surface area is 124 Å². The lowest BCUT2D eigenvalue weighted by Gasteiger charge is -2.32. The van der Waals surface area contributed by atoms with E-state index in [0.29, 0.717) is 17.9 Å². The third-order valence-corrected chi connectivity index (χ3v) is 4.65. The van der Waals surface area contributed by atoms with Crippen LogP contribution >= 0.6 is 11.6 Å². The molecule has 1 aromatic rings. The molecule has 2 nitrogen and oxygen atoms in total. The highest BCUT2D eigenvalue weighted by Gasteiger charge is 2.30. The first-order valence-electron chi connectivity index (χ1n) is 7.27. The van der Waals surface area contributed by atoms with Crippen LogP contribution in [0.5, 0.6) is 0 Å². The van der Waals surface area contributed by atoms with E-state index < -0.39 is 11.9 Å². The van der Waals surface area contributed by atoms with Gasteiger partial charge in [0, 0.05) is 13.5 Å². The van der Waals surface area contributed by atoms with Crippen molar-refractivity contribution in [3.63, 3.8) is 0 Å². The standard InChI is InChI=1S/C16H22ClFO2/c1-20-16(11-6-3-2-4-7-11)14(19)10-12-8-5-9-13(18)15(12)17/h5,8-9,11,14,16,19H,2-4,6-7,10H2,1H3. The van der Waals surface area contributed by atoms with E-state index in [0.717, 1.165) is 12.8 Å². The zero-order valence-corrected chi connectivity index (χ0v) is 12.6. The Hall–Kier alpha value is -0.640. The third kappa shape index (κ3) is 3.72. The van der Waals surface area contributed by atoms with Crippen molar-refractivity contribution < 1.29 is 14.2 Å². The molecule has 2 unspecified atom stereocenters. The molecule has 1 saturated carbocycles. The highest BCUT2D eigenvalue weighted by molar-refractivity contribution is 6.31. The average Bonchev–Trinajstić information content (AvgIpc) is 2.46. The molecule has 0 heterocycles. The number of aliphatic hydroxyl groups is 1. The molecule has 0 bridgehead atoms. The first-order chi connectivity index (χ1) is 9.63. The second-order valence-corrected chi connectivity index (χ2v) is 5.96. The molecule has 1 fully saturated rings. The lowest BCUT2D eigenvalue weighted by atomic mass is 9.82. The van der Waals surface area contributed by atoms with Crippen molar-refractivity contribution in [1.82, 2.24) is 0 Å². The van der Waals surface area contributed by atoms with Crippen molar-refractivity contribution in [2.24, 2.45) is 5.92 Å². The zero-order valence-electron chi connectivity index (χ0n) is 11.8. The monoisotopic (exact) mass is 300 g/mol. The summed E-state index contributed by atoms with van der Waals surface area (Å²) in [5.41, 5.74) is 0.636. The molecular weight excluding hydrogens is 279 g/mol. The molecule has 4 heteroatoms. The SMILES string of the molecule is COC(C(O)Cc1cccc(F)c1Cl)C1CCCCC1. The fourth-order valence-electron chi connectivity index (χ4n) is 3.17. The summed E-state index contributed by atoms with van der Waals surface area (Å²) in [7, 11) is 1.63. The van der Waals surface area contributed by atoms with E-state index in [-0.39, 0.29) is 11.1 Å². The summed E-state index contributed by atoms with van der Waals surface area (Å²) in [6, 6.07) is 4.70. The van der Waals surface area contributed by atoms with E-state index in [1.54, 1.807) is 19.2 Å². The van der Waals surface area contributed by atoms with Crippen LogP contribution in [-0.4, -0.2) is 24.4 Å². The maximum atomic E-state index is 13.4. The van der Waals surface area contributed by atoms with E-state index in [4.69, 9.17) is 16.3 Å². The van der Waals surface area contributed by atoms with Gasteiger partial charge in [0.15, 0.2) is 0 Å². The number of benzene rings is 1. The molecule has 20 heavy (non-hydrogen) atoms. The number of aliphatic hydroxyl groups excluding tert-OH is 1.